The third-order valence-corrected chi connectivity index (χ3v) is 6.14. The van der Waals surface area contributed by atoms with Crippen LogP contribution in [0.25, 0.3) is 10.9 Å². The fraction of sp³-hybridized carbons (Fsp3) is 0.565. The molecule has 3 rings (SSSR count). The molecule has 1 saturated heterocycles. The van der Waals surface area contributed by atoms with Gasteiger partial charge >= 0.3 is 0 Å². The Morgan fingerprint density at radius 2 is 1.82 bits per heavy atom. The molecular weight excluding hydrogens is 364 g/mol. The molecule has 0 N–H and O–H groups in total. The van der Waals surface area contributed by atoms with Gasteiger partial charge in [-0.15, -0.1) is 0 Å². The number of pyridine rings is 1. The normalized spacial score (nSPS) is 15.5. The number of piperazine rings is 1. The van der Waals surface area contributed by atoms with E-state index in [2.05, 4.69) is 65.9 Å². The summed E-state index contributed by atoms with van der Waals surface area (Å²) in [5, 5.41) is 1.21. The number of rotatable bonds is 9. The van der Waals surface area contributed by atoms with Gasteiger partial charge in [-0.1, -0.05) is 32.1 Å². The molecule has 2 heterocycles. The highest BCUT2D eigenvalue weighted by Crippen LogP contribution is 2.21. The van der Waals surface area contributed by atoms with E-state index in [0.29, 0.717) is 0 Å². The summed E-state index contributed by atoms with van der Waals surface area (Å²) in [5.74, 6) is 1.10. The van der Waals surface area contributed by atoms with E-state index in [-0.39, 0.29) is 0 Å². The van der Waals surface area contributed by atoms with Crippen LogP contribution in [0.3, 0.4) is 0 Å². The minimum atomic E-state index is 0.893. The Morgan fingerprint density at radius 1 is 1.07 bits per heavy atom. The number of anilines is 1. The number of fused-ring (bicyclic) bond motifs is 1. The Hall–Kier alpha value is -1.56. The summed E-state index contributed by atoms with van der Waals surface area (Å²) in [6.45, 7) is 12.1. The van der Waals surface area contributed by atoms with Gasteiger partial charge in [0.2, 0.25) is 0 Å². The van der Waals surface area contributed by atoms with E-state index in [1.54, 1.807) is 0 Å². The van der Waals surface area contributed by atoms with Crippen molar-refractivity contribution in [1.82, 2.24) is 14.8 Å². The molecule has 1 aliphatic heterocycles. The van der Waals surface area contributed by atoms with E-state index >= 15 is 0 Å². The van der Waals surface area contributed by atoms with Crippen molar-refractivity contribution in [2.75, 3.05) is 57.8 Å². The summed E-state index contributed by atoms with van der Waals surface area (Å²) in [6, 6.07) is 11.0. The molecule has 1 fully saturated rings. The first-order valence-corrected chi connectivity index (χ1v) is 11.1. The summed E-state index contributed by atoms with van der Waals surface area (Å²) < 4.78 is 0. The second-order valence-corrected chi connectivity index (χ2v) is 8.41. The molecule has 0 unspecified atom stereocenters. The Bertz CT molecular complexity index is 779. The molecule has 2 aromatic rings. The lowest BCUT2D eigenvalue weighted by Crippen LogP contribution is -2.44. The monoisotopic (exact) mass is 398 g/mol. The molecule has 0 spiro atoms. The van der Waals surface area contributed by atoms with Crippen LogP contribution in [-0.2, 0) is 6.42 Å². The van der Waals surface area contributed by atoms with Gasteiger partial charge in [-0.3, -0.25) is 0 Å². The van der Waals surface area contributed by atoms with Crippen molar-refractivity contribution in [2.45, 2.75) is 33.1 Å². The molecular formula is C23H34N4S. The van der Waals surface area contributed by atoms with E-state index < -0.39 is 0 Å². The van der Waals surface area contributed by atoms with Crippen molar-refractivity contribution in [3.8, 4) is 0 Å². The molecule has 0 radical (unpaired) electrons. The average Bonchev–Trinajstić information content (AvgIpc) is 2.71. The van der Waals surface area contributed by atoms with E-state index in [1.165, 1.54) is 10.9 Å². The van der Waals surface area contributed by atoms with Crippen molar-refractivity contribution in [3.63, 3.8) is 0 Å². The van der Waals surface area contributed by atoms with Gasteiger partial charge in [-0.2, -0.15) is 0 Å². The summed E-state index contributed by atoms with van der Waals surface area (Å²) in [7, 11) is 2.18. The second-order valence-electron chi connectivity index (χ2n) is 7.83. The van der Waals surface area contributed by atoms with Crippen LogP contribution < -0.4 is 4.90 Å². The highest BCUT2D eigenvalue weighted by Gasteiger charge is 2.15. The quantitative estimate of drug-likeness (QED) is 0.594. The zero-order valence-electron chi connectivity index (χ0n) is 17.7. The molecule has 0 saturated carbocycles. The molecule has 0 aliphatic carbocycles. The molecule has 4 nitrogen and oxygen atoms in total. The van der Waals surface area contributed by atoms with Crippen LogP contribution in [-0.4, -0.2) is 72.5 Å². The number of thiocarbonyl (C=S) groups is 1. The molecule has 1 aromatic carbocycles. The SMILES string of the molecule is CCN(CC)CCCC(=S)Cc1ccc2nc(N3CCN(C)CC3)ccc2c1. The highest BCUT2D eigenvalue weighted by atomic mass is 32.1. The number of likely N-dealkylation sites (N-methyl/N-ethyl adjacent to an activating group) is 1. The minimum Gasteiger partial charge on any atom is -0.354 e. The Morgan fingerprint density at radius 3 is 2.54 bits per heavy atom. The zero-order chi connectivity index (χ0) is 19.9. The van der Waals surface area contributed by atoms with E-state index in [0.717, 1.165) is 81.3 Å². The molecule has 152 valence electrons. The molecule has 28 heavy (non-hydrogen) atoms. The lowest BCUT2D eigenvalue weighted by molar-refractivity contribution is 0.302. The Kier molecular flexibility index (Phi) is 7.77. The molecule has 0 amide bonds. The molecule has 1 aromatic heterocycles. The van der Waals surface area contributed by atoms with Crippen molar-refractivity contribution >= 4 is 33.8 Å². The van der Waals surface area contributed by atoms with Gasteiger partial charge in [0, 0.05) is 38.0 Å². The van der Waals surface area contributed by atoms with Gasteiger partial charge in [0.25, 0.3) is 0 Å². The van der Waals surface area contributed by atoms with Crippen LogP contribution >= 0.6 is 12.2 Å². The highest BCUT2D eigenvalue weighted by molar-refractivity contribution is 7.80. The lowest BCUT2D eigenvalue weighted by atomic mass is 10.0. The fourth-order valence-electron chi connectivity index (χ4n) is 3.84. The number of nitrogens with zero attached hydrogens (tertiary/aromatic N) is 4. The zero-order valence-corrected chi connectivity index (χ0v) is 18.5. The molecule has 0 bridgehead atoms. The van der Waals surface area contributed by atoms with E-state index in [4.69, 9.17) is 17.2 Å². The maximum absolute atomic E-state index is 5.65. The summed E-state index contributed by atoms with van der Waals surface area (Å²) in [6.07, 6.45) is 3.08. The summed E-state index contributed by atoms with van der Waals surface area (Å²) in [4.78, 5) is 13.3. The number of benzene rings is 1. The first-order valence-electron chi connectivity index (χ1n) is 10.7. The topological polar surface area (TPSA) is 22.6 Å². The Balaban J connectivity index is 1.58. The van der Waals surface area contributed by atoms with Gasteiger partial charge in [-0.25, -0.2) is 4.98 Å². The van der Waals surface area contributed by atoms with Crippen molar-refractivity contribution in [1.29, 1.82) is 0 Å². The summed E-state index contributed by atoms with van der Waals surface area (Å²) in [5.41, 5.74) is 2.38. The first kappa shape index (κ1) is 21.2. The maximum Gasteiger partial charge on any atom is 0.129 e. The number of hydrogen-bond donors (Lipinski definition) is 0. The molecule has 5 heteroatoms. The predicted molar refractivity (Wildman–Crippen MR) is 125 cm³/mol. The van der Waals surface area contributed by atoms with Crippen LogP contribution in [0, 0.1) is 0 Å². The van der Waals surface area contributed by atoms with Crippen LogP contribution in [0.4, 0.5) is 5.82 Å². The van der Waals surface area contributed by atoms with Crippen molar-refractivity contribution in [2.24, 2.45) is 0 Å². The van der Waals surface area contributed by atoms with E-state index in [1.807, 2.05) is 0 Å². The van der Waals surface area contributed by atoms with Gasteiger partial charge < -0.3 is 14.7 Å². The molecule has 0 atom stereocenters. The maximum atomic E-state index is 5.65. The largest absolute Gasteiger partial charge is 0.354 e. The predicted octanol–water partition coefficient (Wildman–Crippen LogP) is 4.02. The number of aromatic nitrogens is 1. The second kappa shape index (κ2) is 10.3. The van der Waals surface area contributed by atoms with Gasteiger partial charge in [0.15, 0.2) is 0 Å². The fourth-order valence-corrected chi connectivity index (χ4v) is 4.15. The van der Waals surface area contributed by atoms with Crippen LogP contribution in [0.2, 0.25) is 0 Å². The summed E-state index contributed by atoms with van der Waals surface area (Å²) >= 11 is 5.65. The number of hydrogen-bond acceptors (Lipinski definition) is 5. The third kappa shape index (κ3) is 5.72. The van der Waals surface area contributed by atoms with Crippen molar-refractivity contribution in [3.05, 3.63) is 35.9 Å². The van der Waals surface area contributed by atoms with Crippen LogP contribution in [0.5, 0.6) is 0 Å². The van der Waals surface area contributed by atoms with Crippen LogP contribution in [0.15, 0.2) is 30.3 Å². The molecule has 1 aliphatic rings. The van der Waals surface area contributed by atoms with Crippen molar-refractivity contribution < 1.29 is 0 Å². The van der Waals surface area contributed by atoms with E-state index in [9.17, 15) is 0 Å². The smallest absolute Gasteiger partial charge is 0.129 e. The van der Waals surface area contributed by atoms with Crippen LogP contribution in [0.1, 0.15) is 32.3 Å². The Labute approximate surface area is 175 Å². The lowest BCUT2D eigenvalue weighted by Gasteiger charge is -2.33. The first-order chi connectivity index (χ1) is 13.6. The van der Waals surface area contributed by atoms with Gasteiger partial charge in [0.05, 0.1) is 5.52 Å². The van der Waals surface area contributed by atoms with Gasteiger partial charge in [0.1, 0.15) is 5.82 Å². The minimum absolute atomic E-state index is 0.893. The standard InChI is InChI=1S/C23H34N4S/c1-4-26(5-2)12-6-7-21(28)18-19-8-10-22-20(17-19)9-11-23(24-22)27-15-13-25(3)14-16-27/h8-11,17H,4-7,12-16,18H2,1-3H3. The van der Waals surface area contributed by atoms with Gasteiger partial charge in [-0.05, 0) is 74.2 Å². The third-order valence-electron chi connectivity index (χ3n) is 5.79. The average molecular weight is 399 g/mol.